The van der Waals surface area contributed by atoms with Crippen molar-refractivity contribution in [1.29, 1.82) is 0 Å². The fraction of sp³-hybridized carbons (Fsp3) is 0.462. The monoisotopic (exact) mass is 280 g/mol. The van der Waals surface area contributed by atoms with E-state index in [1.807, 2.05) is 13.0 Å². The molecule has 2 heterocycles. The lowest BCUT2D eigenvalue weighted by molar-refractivity contribution is -0.117. The van der Waals surface area contributed by atoms with Gasteiger partial charge in [0.15, 0.2) is 5.12 Å². The Morgan fingerprint density at radius 2 is 2.32 bits per heavy atom. The maximum absolute atomic E-state index is 12.0. The number of amides is 1. The van der Waals surface area contributed by atoms with Gasteiger partial charge in [-0.1, -0.05) is 11.8 Å². The van der Waals surface area contributed by atoms with E-state index in [4.69, 9.17) is 4.74 Å². The van der Waals surface area contributed by atoms with Crippen molar-refractivity contribution in [2.24, 2.45) is 0 Å². The quantitative estimate of drug-likeness (QED) is 0.844. The molecule has 1 aliphatic rings. The molecule has 1 unspecified atom stereocenters. The smallest absolute Gasteiger partial charge is 0.228 e. The summed E-state index contributed by atoms with van der Waals surface area (Å²) in [6, 6.07) is 1.88. The van der Waals surface area contributed by atoms with E-state index in [2.05, 4.69) is 4.98 Å². The number of thioether (sulfide) groups is 1. The lowest BCUT2D eigenvalue weighted by atomic mass is 10.2. The summed E-state index contributed by atoms with van der Waals surface area (Å²) in [7, 11) is 1.57. The molecule has 0 saturated carbocycles. The van der Waals surface area contributed by atoms with Crippen LogP contribution in [0.5, 0.6) is 5.88 Å². The minimum absolute atomic E-state index is 0.0325. The lowest BCUT2D eigenvalue weighted by Crippen LogP contribution is -2.25. The van der Waals surface area contributed by atoms with Gasteiger partial charge in [0.25, 0.3) is 0 Å². The zero-order valence-electron chi connectivity index (χ0n) is 11.2. The SMILES string of the molecule is COc1ncc(N2CC(SC(C)=O)CC2=O)cc1C. The van der Waals surface area contributed by atoms with Crippen LogP contribution >= 0.6 is 11.8 Å². The van der Waals surface area contributed by atoms with Crippen molar-refractivity contribution < 1.29 is 14.3 Å². The minimum Gasteiger partial charge on any atom is -0.481 e. The maximum Gasteiger partial charge on any atom is 0.228 e. The Hall–Kier alpha value is -1.56. The molecule has 102 valence electrons. The summed E-state index contributed by atoms with van der Waals surface area (Å²) in [6.07, 6.45) is 2.03. The van der Waals surface area contributed by atoms with E-state index in [0.717, 1.165) is 11.3 Å². The summed E-state index contributed by atoms with van der Waals surface area (Å²) < 4.78 is 5.10. The van der Waals surface area contributed by atoms with Crippen molar-refractivity contribution in [2.45, 2.75) is 25.5 Å². The second kappa shape index (κ2) is 5.61. The molecule has 1 fully saturated rings. The first kappa shape index (κ1) is 13.9. The summed E-state index contributed by atoms with van der Waals surface area (Å²) in [5.74, 6) is 0.593. The molecular formula is C13H16N2O3S. The van der Waals surface area contributed by atoms with Crippen LogP contribution in [0, 0.1) is 6.92 Å². The van der Waals surface area contributed by atoms with Crippen LogP contribution in [0.15, 0.2) is 12.3 Å². The van der Waals surface area contributed by atoms with Crippen molar-refractivity contribution in [3.63, 3.8) is 0 Å². The number of rotatable bonds is 3. The Morgan fingerprint density at radius 3 is 2.89 bits per heavy atom. The first-order valence-corrected chi connectivity index (χ1v) is 6.87. The average molecular weight is 280 g/mol. The van der Waals surface area contributed by atoms with Crippen LogP contribution in [0.3, 0.4) is 0 Å². The molecule has 0 aliphatic carbocycles. The number of anilines is 1. The highest BCUT2D eigenvalue weighted by molar-refractivity contribution is 8.14. The van der Waals surface area contributed by atoms with Crippen LogP contribution in [0.1, 0.15) is 18.9 Å². The number of hydrogen-bond donors (Lipinski definition) is 0. The summed E-state index contributed by atoms with van der Waals surface area (Å²) in [5, 5.41) is 0.0797. The normalized spacial score (nSPS) is 18.8. The molecule has 0 N–H and O–H groups in total. The van der Waals surface area contributed by atoms with Gasteiger partial charge < -0.3 is 9.64 Å². The van der Waals surface area contributed by atoms with Gasteiger partial charge in [-0.3, -0.25) is 9.59 Å². The van der Waals surface area contributed by atoms with E-state index < -0.39 is 0 Å². The highest BCUT2D eigenvalue weighted by Crippen LogP contribution is 2.30. The maximum atomic E-state index is 12.0. The lowest BCUT2D eigenvalue weighted by Gasteiger charge is -2.17. The average Bonchev–Trinajstić information content (AvgIpc) is 2.69. The van der Waals surface area contributed by atoms with Crippen LogP contribution in [0.25, 0.3) is 0 Å². The van der Waals surface area contributed by atoms with E-state index >= 15 is 0 Å². The van der Waals surface area contributed by atoms with Gasteiger partial charge in [-0.05, 0) is 13.0 Å². The van der Waals surface area contributed by atoms with Gasteiger partial charge in [0.1, 0.15) is 0 Å². The number of nitrogens with zero attached hydrogens (tertiary/aromatic N) is 2. The van der Waals surface area contributed by atoms with Gasteiger partial charge in [-0.2, -0.15) is 0 Å². The molecule has 0 bridgehead atoms. The molecule has 1 saturated heterocycles. The number of hydrogen-bond acceptors (Lipinski definition) is 5. The van der Waals surface area contributed by atoms with Crippen LogP contribution in [0.2, 0.25) is 0 Å². The predicted octanol–water partition coefficient (Wildman–Crippen LogP) is 1.78. The first-order valence-electron chi connectivity index (χ1n) is 5.99. The van der Waals surface area contributed by atoms with E-state index in [1.54, 1.807) is 18.2 Å². The Balaban J connectivity index is 2.16. The molecule has 5 nitrogen and oxygen atoms in total. The molecule has 6 heteroatoms. The molecule has 1 aliphatic heterocycles. The number of aryl methyl sites for hydroxylation is 1. The Kier molecular flexibility index (Phi) is 4.09. The van der Waals surface area contributed by atoms with Gasteiger partial charge >= 0.3 is 0 Å². The van der Waals surface area contributed by atoms with Crippen LogP contribution in [-0.2, 0) is 9.59 Å². The Bertz CT molecular complexity index is 519. The second-order valence-electron chi connectivity index (χ2n) is 4.46. The van der Waals surface area contributed by atoms with E-state index in [1.165, 1.54) is 18.7 Å². The van der Waals surface area contributed by atoms with Crippen molar-refractivity contribution in [3.05, 3.63) is 17.8 Å². The van der Waals surface area contributed by atoms with Gasteiger partial charge in [0.05, 0.1) is 19.0 Å². The molecule has 19 heavy (non-hydrogen) atoms. The fourth-order valence-electron chi connectivity index (χ4n) is 2.15. The van der Waals surface area contributed by atoms with E-state index in [-0.39, 0.29) is 16.3 Å². The number of ether oxygens (including phenoxy) is 1. The largest absolute Gasteiger partial charge is 0.481 e. The van der Waals surface area contributed by atoms with E-state index in [0.29, 0.717) is 18.8 Å². The highest BCUT2D eigenvalue weighted by atomic mass is 32.2. The van der Waals surface area contributed by atoms with Crippen molar-refractivity contribution in [1.82, 2.24) is 4.98 Å². The Labute approximate surface area is 116 Å². The summed E-state index contributed by atoms with van der Waals surface area (Å²) >= 11 is 1.23. The third kappa shape index (κ3) is 3.07. The number of methoxy groups -OCH3 is 1. The molecule has 1 aromatic heterocycles. The van der Waals surface area contributed by atoms with Crippen molar-refractivity contribution in [3.8, 4) is 5.88 Å². The van der Waals surface area contributed by atoms with Gasteiger partial charge in [0, 0.05) is 30.7 Å². The number of carbonyl (C=O) groups excluding carboxylic acids is 2. The second-order valence-corrected chi connectivity index (χ2v) is 5.94. The summed E-state index contributed by atoms with van der Waals surface area (Å²) in [4.78, 5) is 28.9. The zero-order chi connectivity index (χ0) is 14.0. The number of aromatic nitrogens is 1. The highest BCUT2D eigenvalue weighted by Gasteiger charge is 2.32. The van der Waals surface area contributed by atoms with Gasteiger partial charge in [-0.25, -0.2) is 4.98 Å². The molecule has 0 aromatic carbocycles. The molecule has 0 radical (unpaired) electrons. The Morgan fingerprint density at radius 1 is 1.58 bits per heavy atom. The molecule has 1 aromatic rings. The number of carbonyl (C=O) groups is 2. The summed E-state index contributed by atoms with van der Waals surface area (Å²) in [6.45, 7) is 3.96. The predicted molar refractivity (Wildman–Crippen MR) is 74.6 cm³/mol. The van der Waals surface area contributed by atoms with Gasteiger partial charge in [0.2, 0.25) is 11.8 Å². The molecular weight excluding hydrogens is 264 g/mol. The van der Waals surface area contributed by atoms with E-state index in [9.17, 15) is 9.59 Å². The standard InChI is InChI=1S/C13H16N2O3S/c1-8-4-10(6-14-13(8)18-3)15-7-11(5-12(15)17)19-9(2)16/h4,6,11H,5,7H2,1-3H3. The molecule has 1 amide bonds. The zero-order valence-corrected chi connectivity index (χ0v) is 12.0. The van der Waals surface area contributed by atoms with Crippen LogP contribution < -0.4 is 9.64 Å². The molecule has 2 rings (SSSR count). The topological polar surface area (TPSA) is 59.5 Å². The van der Waals surface area contributed by atoms with Gasteiger partial charge in [-0.15, -0.1) is 0 Å². The first-order chi connectivity index (χ1) is 9.01. The summed E-state index contributed by atoms with van der Waals surface area (Å²) in [5.41, 5.74) is 1.64. The van der Waals surface area contributed by atoms with Crippen molar-refractivity contribution in [2.75, 3.05) is 18.6 Å². The minimum atomic E-state index is 0.0325. The molecule has 1 atom stereocenters. The fourth-order valence-corrected chi connectivity index (χ4v) is 3.07. The van der Waals surface area contributed by atoms with Crippen molar-refractivity contribution >= 4 is 28.5 Å². The number of pyridine rings is 1. The third-order valence-electron chi connectivity index (χ3n) is 2.94. The van der Waals surface area contributed by atoms with Crippen LogP contribution in [0.4, 0.5) is 5.69 Å². The third-order valence-corrected chi connectivity index (χ3v) is 3.92. The molecule has 0 spiro atoms. The van der Waals surface area contributed by atoms with Crippen LogP contribution in [-0.4, -0.2) is 34.9 Å².